The normalized spacial score (nSPS) is 17.6. The van der Waals surface area contributed by atoms with Gasteiger partial charge in [-0.05, 0) is 18.1 Å². The second-order valence-electron chi connectivity index (χ2n) is 4.88. The van der Waals surface area contributed by atoms with E-state index in [0.29, 0.717) is 18.0 Å². The van der Waals surface area contributed by atoms with Gasteiger partial charge < -0.3 is 10.1 Å². The molecule has 1 aliphatic rings. The van der Waals surface area contributed by atoms with E-state index < -0.39 is 0 Å². The zero-order chi connectivity index (χ0) is 13.9. The maximum Gasteiger partial charge on any atom is 0.263 e. The third-order valence-electron chi connectivity index (χ3n) is 3.48. The summed E-state index contributed by atoms with van der Waals surface area (Å²) < 4.78 is 5.78. The van der Waals surface area contributed by atoms with E-state index in [1.54, 1.807) is 5.51 Å². The number of nitrogens with zero attached hydrogens (tertiary/aromatic N) is 1. The van der Waals surface area contributed by atoms with Gasteiger partial charge in [0, 0.05) is 13.0 Å². The number of rotatable bonds is 3. The van der Waals surface area contributed by atoms with Crippen LogP contribution in [0.5, 0.6) is 0 Å². The Kier molecular flexibility index (Phi) is 3.80. The number of carbonyl (C=O) groups excluding carboxylic acids is 1. The number of ether oxygens (including phenoxy) is 1. The maximum atomic E-state index is 12.0. The average molecular weight is 288 g/mol. The first-order valence-corrected chi connectivity index (χ1v) is 7.48. The molecule has 1 amide bonds. The topological polar surface area (TPSA) is 51.2 Å². The molecule has 20 heavy (non-hydrogen) atoms. The minimum absolute atomic E-state index is 0.0436. The molecule has 5 heteroatoms. The molecule has 2 heterocycles. The summed E-state index contributed by atoms with van der Waals surface area (Å²) >= 11 is 1.37. The Morgan fingerprint density at radius 1 is 1.45 bits per heavy atom. The number of carbonyl (C=O) groups is 1. The summed E-state index contributed by atoms with van der Waals surface area (Å²) in [5, 5.41) is 2.93. The second-order valence-corrected chi connectivity index (χ2v) is 5.74. The van der Waals surface area contributed by atoms with Crippen molar-refractivity contribution in [3.05, 3.63) is 51.5 Å². The summed E-state index contributed by atoms with van der Waals surface area (Å²) in [6.07, 6.45) is 0.889. The quantitative estimate of drug-likeness (QED) is 0.943. The first-order chi connectivity index (χ1) is 9.74. The van der Waals surface area contributed by atoms with Crippen LogP contribution in [0.15, 0.2) is 29.8 Å². The molecule has 1 aromatic carbocycles. The van der Waals surface area contributed by atoms with Crippen LogP contribution in [0.25, 0.3) is 0 Å². The van der Waals surface area contributed by atoms with Crippen molar-refractivity contribution in [1.29, 1.82) is 0 Å². The number of hydrogen-bond donors (Lipinski definition) is 1. The van der Waals surface area contributed by atoms with Crippen LogP contribution in [0.4, 0.5) is 0 Å². The van der Waals surface area contributed by atoms with Crippen LogP contribution < -0.4 is 5.32 Å². The van der Waals surface area contributed by atoms with Gasteiger partial charge in [-0.2, -0.15) is 0 Å². The largest absolute Gasteiger partial charge is 0.371 e. The van der Waals surface area contributed by atoms with Gasteiger partial charge in [-0.3, -0.25) is 4.79 Å². The van der Waals surface area contributed by atoms with E-state index in [1.165, 1.54) is 22.5 Å². The Bertz CT molecular complexity index is 624. The number of hydrogen-bond acceptors (Lipinski definition) is 4. The number of amides is 1. The van der Waals surface area contributed by atoms with Gasteiger partial charge in [-0.1, -0.05) is 24.3 Å². The molecule has 2 aromatic rings. The molecule has 1 N–H and O–H groups in total. The molecule has 1 unspecified atom stereocenters. The van der Waals surface area contributed by atoms with Gasteiger partial charge in [0.05, 0.1) is 23.9 Å². The molecular weight excluding hydrogens is 272 g/mol. The lowest BCUT2D eigenvalue weighted by Crippen LogP contribution is -2.36. The molecule has 1 atom stereocenters. The highest BCUT2D eigenvalue weighted by molar-refractivity contribution is 7.11. The molecule has 0 radical (unpaired) electrons. The number of thiazole rings is 1. The fraction of sp³-hybridized carbons (Fsp3) is 0.333. The Hall–Kier alpha value is -1.72. The van der Waals surface area contributed by atoms with E-state index in [9.17, 15) is 4.79 Å². The molecule has 3 rings (SSSR count). The Labute approximate surface area is 121 Å². The second kappa shape index (κ2) is 5.73. The third kappa shape index (κ3) is 2.73. The number of aromatic nitrogens is 1. The summed E-state index contributed by atoms with van der Waals surface area (Å²) in [4.78, 5) is 16.8. The van der Waals surface area contributed by atoms with Gasteiger partial charge in [0.2, 0.25) is 0 Å². The van der Waals surface area contributed by atoms with Crippen molar-refractivity contribution < 1.29 is 9.53 Å². The molecule has 1 aliphatic heterocycles. The van der Waals surface area contributed by atoms with E-state index in [4.69, 9.17) is 4.74 Å². The highest BCUT2D eigenvalue weighted by Crippen LogP contribution is 2.20. The van der Waals surface area contributed by atoms with Crippen molar-refractivity contribution >= 4 is 17.2 Å². The summed E-state index contributed by atoms with van der Waals surface area (Å²) in [7, 11) is 0. The predicted molar refractivity (Wildman–Crippen MR) is 77.9 cm³/mol. The number of nitrogens with one attached hydrogen (secondary N) is 1. The molecule has 1 aromatic heterocycles. The van der Waals surface area contributed by atoms with Crippen molar-refractivity contribution in [3.8, 4) is 0 Å². The lowest BCUT2D eigenvalue weighted by atomic mass is 9.99. The molecular formula is C15H16N2O2S. The van der Waals surface area contributed by atoms with Crippen molar-refractivity contribution in [2.24, 2.45) is 0 Å². The molecule has 104 valence electrons. The SMILES string of the molecule is Cc1ncsc1C(=O)NCC1Cc2ccccc2CO1. The van der Waals surface area contributed by atoms with Crippen LogP contribution in [-0.2, 0) is 17.8 Å². The lowest BCUT2D eigenvalue weighted by Gasteiger charge is -2.25. The molecule has 0 saturated carbocycles. The molecule has 0 bridgehead atoms. The van der Waals surface area contributed by atoms with Crippen LogP contribution in [0, 0.1) is 6.92 Å². The van der Waals surface area contributed by atoms with Gasteiger partial charge in [-0.15, -0.1) is 11.3 Å². The fourth-order valence-electron chi connectivity index (χ4n) is 2.35. The van der Waals surface area contributed by atoms with Crippen molar-refractivity contribution in [1.82, 2.24) is 10.3 Å². The molecule has 0 saturated heterocycles. The van der Waals surface area contributed by atoms with E-state index in [2.05, 4.69) is 22.4 Å². The van der Waals surface area contributed by atoms with E-state index in [0.717, 1.165) is 12.1 Å². The molecule has 0 spiro atoms. The molecule has 0 aliphatic carbocycles. The average Bonchev–Trinajstić information content (AvgIpc) is 2.91. The highest BCUT2D eigenvalue weighted by atomic mass is 32.1. The summed E-state index contributed by atoms with van der Waals surface area (Å²) in [6, 6.07) is 8.28. The zero-order valence-electron chi connectivity index (χ0n) is 11.3. The van der Waals surface area contributed by atoms with Crippen LogP contribution >= 0.6 is 11.3 Å². The summed E-state index contributed by atoms with van der Waals surface area (Å²) in [6.45, 7) is 3.00. The smallest absolute Gasteiger partial charge is 0.263 e. The van der Waals surface area contributed by atoms with Gasteiger partial charge in [0.15, 0.2) is 0 Å². The number of fused-ring (bicyclic) bond motifs is 1. The Morgan fingerprint density at radius 3 is 3.00 bits per heavy atom. The lowest BCUT2D eigenvalue weighted by molar-refractivity contribution is 0.0285. The van der Waals surface area contributed by atoms with Gasteiger partial charge in [0.1, 0.15) is 4.88 Å². The van der Waals surface area contributed by atoms with Crippen molar-refractivity contribution in [2.45, 2.75) is 26.1 Å². The molecule has 0 fully saturated rings. The minimum atomic E-state index is -0.0625. The van der Waals surface area contributed by atoms with Crippen LogP contribution in [0.2, 0.25) is 0 Å². The van der Waals surface area contributed by atoms with E-state index in [-0.39, 0.29) is 12.0 Å². The Morgan fingerprint density at radius 2 is 2.25 bits per heavy atom. The van der Waals surface area contributed by atoms with Crippen LogP contribution in [-0.4, -0.2) is 23.5 Å². The fourth-order valence-corrected chi connectivity index (χ4v) is 3.07. The predicted octanol–water partition coefficient (Wildman–Crippen LogP) is 2.32. The minimum Gasteiger partial charge on any atom is -0.371 e. The van der Waals surface area contributed by atoms with Crippen LogP contribution in [0.3, 0.4) is 0 Å². The highest BCUT2D eigenvalue weighted by Gasteiger charge is 2.20. The van der Waals surface area contributed by atoms with Gasteiger partial charge in [0.25, 0.3) is 5.91 Å². The number of aryl methyl sites for hydroxylation is 1. The zero-order valence-corrected chi connectivity index (χ0v) is 12.1. The van der Waals surface area contributed by atoms with E-state index in [1.807, 2.05) is 19.1 Å². The van der Waals surface area contributed by atoms with Crippen LogP contribution in [0.1, 0.15) is 26.5 Å². The summed E-state index contributed by atoms with van der Waals surface area (Å²) in [5.74, 6) is -0.0625. The van der Waals surface area contributed by atoms with Crippen molar-refractivity contribution in [2.75, 3.05) is 6.54 Å². The number of benzene rings is 1. The van der Waals surface area contributed by atoms with E-state index >= 15 is 0 Å². The van der Waals surface area contributed by atoms with Gasteiger partial charge >= 0.3 is 0 Å². The monoisotopic (exact) mass is 288 g/mol. The molecule has 4 nitrogen and oxygen atoms in total. The van der Waals surface area contributed by atoms with Gasteiger partial charge in [-0.25, -0.2) is 4.98 Å². The maximum absolute atomic E-state index is 12.0. The first-order valence-electron chi connectivity index (χ1n) is 6.60. The third-order valence-corrected chi connectivity index (χ3v) is 4.41. The summed E-state index contributed by atoms with van der Waals surface area (Å²) in [5.41, 5.74) is 5.03. The standard InChI is InChI=1S/C15H16N2O2S/c1-10-14(20-9-17-10)15(18)16-7-13-6-11-4-2-3-5-12(11)8-19-13/h2-5,9,13H,6-8H2,1H3,(H,16,18). The Balaban J connectivity index is 1.58. The van der Waals surface area contributed by atoms with Crippen molar-refractivity contribution in [3.63, 3.8) is 0 Å². The first kappa shape index (κ1) is 13.3.